The average molecular weight is 520 g/mol. The van der Waals surface area contributed by atoms with E-state index in [0.29, 0.717) is 31.5 Å². The highest BCUT2D eigenvalue weighted by Gasteiger charge is 2.78. The molecule has 3 aliphatic heterocycles. The molecule has 3 amide bonds. The minimum absolute atomic E-state index is 0.234. The normalized spacial score (nSPS) is 30.3. The van der Waals surface area contributed by atoms with Crippen molar-refractivity contribution in [3.05, 3.63) is 65.2 Å². The summed E-state index contributed by atoms with van der Waals surface area (Å²) in [5, 5.41) is 16.1. The molecule has 0 radical (unpaired) electrons. The fourth-order valence-corrected chi connectivity index (χ4v) is 6.88. The molecule has 3 fully saturated rings. The van der Waals surface area contributed by atoms with E-state index in [4.69, 9.17) is 4.74 Å². The summed E-state index contributed by atoms with van der Waals surface area (Å²) < 4.78 is 6.76. The molecule has 202 valence electrons. The first-order valence-electron chi connectivity index (χ1n) is 13.5. The zero-order chi connectivity index (χ0) is 27.2. The maximum absolute atomic E-state index is 14.1. The molecule has 3 heterocycles. The highest BCUT2D eigenvalue weighted by Crippen LogP contribution is 2.64. The molecule has 0 aromatic heterocycles. The molecule has 0 saturated carbocycles. The number of anilines is 1. The van der Waals surface area contributed by atoms with Crippen molar-refractivity contribution in [3.63, 3.8) is 0 Å². The van der Waals surface area contributed by atoms with E-state index in [1.165, 1.54) is 4.90 Å². The summed E-state index contributed by atoms with van der Waals surface area (Å²) in [5.41, 5.74) is 1.60. The lowest BCUT2D eigenvalue weighted by molar-refractivity contribution is -0.148. The van der Waals surface area contributed by atoms with Crippen LogP contribution >= 0.6 is 0 Å². The first kappa shape index (κ1) is 26.4. The van der Waals surface area contributed by atoms with Crippen LogP contribution in [0.2, 0.25) is 0 Å². The number of fused-ring (bicyclic) bond motifs is 1. The van der Waals surface area contributed by atoms with Crippen molar-refractivity contribution in [1.82, 2.24) is 10.2 Å². The van der Waals surface area contributed by atoms with Crippen LogP contribution in [-0.4, -0.2) is 57.6 Å². The molecule has 6 atom stereocenters. The number of carbonyl (C=O) groups excluding carboxylic acids is 3. The molecule has 5 rings (SSSR count). The van der Waals surface area contributed by atoms with E-state index in [9.17, 15) is 19.5 Å². The second kappa shape index (κ2) is 9.82. The molecule has 8 heteroatoms. The molecule has 2 bridgehead atoms. The zero-order valence-electron chi connectivity index (χ0n) is 22.5. The van der Waals surface area contributed by atoms with Crippen LogP contribution in [0.15, 0.2) is 48.5 Å². The second-order valence-corrected chi connectivity index (χ2v) is 11.1. The van der Waals surface area contributed by atoms with E-state index < -0.39 is 35.1 Å². The SMILES string of the molecule is CC[C@]12CCC3(O1)C(C(=O)Nc1cc(C)ccc1C)N([C@H](C)CO)C(=O)[C@@H]3[C@H]2C(=O)NCc1ccccc1. The summed E-state index contributed by atoms with van der Waals surface area (Å²) >= 11 is 0. The maximum Gasteiger partial charge on any atom is 0.250 e. The van der Waals surface area contributed by atoms with Gasteiger partial charge >= 0.3 is 0 Å². The summed E-state index contributed by atoms with van der Waals surface area (Å²) in [5.74, 6) is -2.41. The molecule has 2 aromatic rings. The van der Waals surface area contributed by atoms with Gasteiger partial charge in [-0.15, -0.1) is 0 Å². The molecule has 3 aliphatic rings. The van der Waals surface area contributed by atoms with Gasteiger partial charge in [0.25, 0.3) is 0 Å². The summed E-state index contributed by atoms with van der Waals surface area (Å²) in [4.78, 5) is 43.3. The smallest absolute Gasteiger partial charge is 0.250 e. The highest BCUT2D eigenvalue weighted by atomic mass is 16.5. The quantitative estimate of drug-likeness (QED) is 0.497. The van der Waals surface area contributed by atoms with E-state index in [1.54, 1.807) is 6.92 Å². The monoisotopic (exact) mass is 519 g/mol. The Morgan fingerprint density at radius 1 is 1.13 bits per heavy atom. The van der Waals surface area contributed by atoms with Gasteiger partial charge in [0.2, 0.25) is 17.7 Å². The first-order valence-corrected chi connectivity index (χ1v) is 13.5. The summed E-state index contributed by atoms with van der Waals surface area (Å²) in [6.45, 7) is 7.61. The van der Waals surface area contributed by atoms with Gasteiger partial charge in [-0.25, -0.2) is 0 Å². The maximum atomic E-state index is 14.1. The van der Waals surface area contributed by atoms with Gasteiger partial charge in [-0.2, -0.15) is 0 Å². The Morgan fingerprint density at radius 2 is 1.87 bits per heavy atom. The Morgan fingerprint density at radius 3 is 2.55 bits per heavy atom. The molecule has 1 spiro atoms. The van der Waals surface area contributed by atoms with Crippen molar-refractivity contribution < 1.29 is 24.2 Å². The summed E-state index contributed by atoms with van der Waals surface area (Å²) in [7, 11) is 0. The van der Waals surface area contributed by atoms with Crippen LogP contribution in [0.5, 0.6) is 0 Å². The number of aliphatic hydroxyl groups excluding tert-OH is 1. The van der Waals surface area contributed by atoms with Crippen LogP contribution in [-0.2, 0) is 25.7 Å². The molecular formula is C30H37N3O5. The van der Waals surface area contributed by atoms with Crippen molar-refractivity contribution in [2.24, 2.45) is 11.8 Å². The van der Waals surface area contributed by atoms with E-state index >= 15 is 0 Å². The van der Waals surface area contributed by atoms with E-state index in [2.05, 4.69) is 10.6 Å². The van der Waals surface area contributed by atoms with Crippen molar-refractivity contribution in [2.45, 2.75) is 76.8 Å². The van der Waals surface area contributed by atoms with Gasteiger partial charge in [-0.05, 0) is 62.8 Å². The predicted octanol–water partition coefficient (Wildman–Crippen LogP) is 3.09. The van der Waals surface area contributed by atoms with Crippen LogP contribution in [0.25, 0.3) is 0 Å². The van der Waals surface area contributed by atoms with Crippen LogP contribution < -0.4 is 10.6 Å². The standard InChI is InChI=1S/C30H37N3O5/c1-5-29-13-14-30(38-29)24(23(29)26(35)31-16-21-9-7-6-8-10-21)28(37)33(20(4)17-34)25(30)27(36)32-22-15-18(2)11-12-19(22)3/h6-12,15,20,23-25,34H,5,13-14,16-17H2,1-4H3,(H,31,35)(H,32,36)/t20-,23+,24+,25?,29-,30?/m1/s1. The topological polar surface area (TPSA) is 108 Å². The summed E-state index contributed by atoms with van der Waals surface area (Å²) in [6.07, 6.45) is 1.65. The van der Waals surface area contributed by atoms with Crippen LogP contribution in [0.1, 0.15) is 49.8 Å². The lowest BCUT2D eigenvalue weighted by Gasteiger charge is -2.36. The molecule has 38 heavy (non-hydrogen) atoms. The van der Waals surface area contributed by atoms with Gasteiger partial charge in [-0.1, -0.05) is 49.4 Å². The molecule has 3 N–H and O–H groups in total. The molecule has 2 aromatic carbocycles. The lowest BCUT2D eigenvalue weighted by Crippen LogP contribution is -2.56. The number of likely N-dealkylation sites (tertiary alicyclic amines) is 1. The third kappa shape index (κ3) is 4.01. The number of nitrogens with zero attached hydrogens (tertiary/aromatic N) is 1. The van der Waals surface area contributed by atoms with Gasteiger partial charge < -0.3 is 25.4 Å². The van der Waals surface area contributed by atoms with E-state index in [1.807, 2.05) is 69.3 Å². The van der Waals surface area contributed by atoms with Gasteiger partial charge in [-0.3, -0.25) is 14.4 Å². The van der Waals surface area contributed by atoms with Crippen LogP contribution in [0.3, 0.4) is 0 Å². The van der Waals surface area contributed by atoms with E-state index in [0.717, 1.165) is 16.7 Å². The Labute approximate surface area is 223 Å². The number of amides is 3. The molecule has 3 saturated heterocycles. The van der Waals surface area contributed by atoms with Crippen molar-refractivity contribution in [1.29, 1.82) is 0 Å². The van der Waals surface area contributed by atoms with Crippen molar-refractivity contribution in [2.75, 3.05) is 11.9 Å². The van der Waals surface area contributed by atoms with Gasteiger partial charge in [0.05, 0.1) is 30.1 Å². The average Bonchev–Trinajstić information content (AvgIpc) is 3.53. The Hall–Kier alpha value is -3.23. The lowest BCUT2D eigenvalue weighted by atomic mass is 9.65. The third-order valence-corrected chi connectivity index (χ3v) is 8.85. The van der Waals surface area contributed by atoms with Gasteiger partial charge in [0.15, 0.2) is 0 Å². The molecule has 8 nitrogen and oxygen atoms in total. The van der Waals surface area contributed by atoms with Gasteiger partial charge in [0.1, 0.15) is 11.6 Å². The number of rotatable bonds is 8. The number of aliphatic hydroxyl groups is 1. The Bertz CT molecular complexity index is 1250. The Kier molecular flexibility index (Phi) is 6.82. The first-order chi connectivity index (χ1) is 18.2. The predicted molar refractivity (Wildman–Crippen MR) is 143 cm³/mol. The second-order valence-electron chi connectivity index (χ2n) is 11.1. The Balaban J connectivity index is 1.51. The largest absolute Gasteiger partial charge is 0.394 e. The number of hydrogen-bond donors (Lipinski definition) is 3. The summed E-state index contributed by atoms with van der Waals surface area (Å²) in [6, 6.07) is 13.9. The van der Waals surface area contributed by atoms with E-state index in [-0.39, 0.29) is 24.3 Å². The van der Waals surface area contributed by atoms with Crippen LogP contribution in [0, 0.1) is 25.7 Å². The van der Waals surface area contributed by atoms with Crippen molar-refractivity contribution >= 4 is 23.4 Å². The number of ether oxygens (including phenoxy) is 1. The van der Waals surface area contributed by atoms with Gasteiger partial charge in [0, 0.05) is 12.2 Å². The van der Waals surface area contributed by atoms with Crippen LogP contribution in [0.4, 0.5) is 5.69 Å². The highest BCUT2D eigenvalue weighted by molar-refractivity contribution is 6.04. The fourth-order valence-electron chi connectivity index (χ4n) is 6.88. The minimum atomic E-state index is -1.13. The fraction of sp³-hybridized carbons (Fsp3) is 0.500. The number of benzene rings is 2. The number of nitrogens with one attached hydrogen (secondary N) is 2. The minimum Gasteiger partial charge on any atom is -0.394 e. The molecular weight excluding hydrogens is 482 g/mol. The zero-order valence-corrected chi connectivity index (χ0v) is 22.5. The number of aryl methyl sites for hydroxylation is 2. The third-order valence-electron chi connectivity index (χ3n) is 8.85. The molecule has 0 aliphatic carbocycles. The number of carbonyl (C=O) groups is 3. The number of hydrogen-bond acceptors (Lipinski definition) is 5. The van der Waals surface area contributed by atoms with Crippen molar-refractivity contribution in [3.8, 4) is 0 Å². The molecule has 2 unspecified atom stereocenters.